The van der Waals surface area contributed by atoms with E-state index in [4.69, 9.17) is 4.98 Å². The van der Waals surface area contributed by atoms with Gasteiger partial charge in [0.2, 0.25) is 0 Å². The maximum Gasteiger partial charge on any atom is 0.0712 e. The van der Waals surface area contributed by atoms with Crippen molar-refractivity contribution in [2.75, 3.05) is 0 Å². The van der Waals surface area contributed by atoms with Crippen molar-refractivity contribution in [2.45, 2.75) is 33.6 Å². The topological polar surface area (TPSA) is 12.9 Å². The second kappa shape index (κ2) is 7.36. The molecule has 0 bridgehead atoms. The number of fused-ring (bicyclic) bond motifs is 8. The fraction of sp³-hybridized carbons (Fsp3) is 0.192. The predicted octanol–water partition coefficient (Wildman–Crippen LogP) is 7.67. The highest BCUT2D eigenvalue weighted by atomic mass is 14.7. The highest BCUT2D eigenvalue weighted by Crippen LogP contribution is 2.39. The normalized spacial score (nSPS) is 11.1. The van der Waals surface area contributed by atoms with E-state index < -0.39 is 0 Å². The van der Waals surface area contributed by atoms with Crippen LogP contribution in [0.5, 0.6) is 0 Å². The number of aryl methyl sites for hydroxylation is 1. The van der Waals surface area contributed by atoms with Gasteiger partial charge in [0.15, 0.2) is 0 Å². The number of para-hydroxylation sites is 1. The molecule has 27 heavy (non-hydrogen) atoms. The van der Waals surface area contributed by atoms with Gasteiger partial charge in [0.25, 0.3) is 0 Å². The van der Waals surface area contributed by atoms with Crippen LogP contribution in [0.4, 0.5) is 0 Å². The highest BCUT2D eigenvalue weighted by molar-refractivity contribution is 6.31. The summed E-state index contributed by atoms with van der Waals surface area (Å²) in [6.45, 7) is 6.44. The van der Waals surface area contributed by atoms with Crippen molar-refractivity contribution in [3.05, 3.63) is 78.5 Å². The van der Waals surface area contributed by atoms with Crippen LogP contribution in [-0.2, 0) is 6.42 Å². The van der Waals surface area contributed by atoms with Crippen molar-refractivity contribution in [2.24, 2.45) is 0 Å². The van der Waals surface area contributed by atoms with Gasteiger partial charge >= 0.3 is 0 Å². The van der Waals surface area contributed by atoms with Crippen LogP contribution in [-0.4, -0.2) is 4.98 Å². The molecule has 0 aliphatic rings. The van der Waals surface area contributed by atoms with Crippen LogP contribution in [0, 0.1) is 0 Å². The summed E-state index contributed by atoms with van der Waals surface area (Å²) in [7, 11) is 0. The summed E-state index contributed by atoms with van der Waals surface area (Å²) in [6.07, 6.45) is 2.18. The molecule has 0 saturated carbocycles. The van der Waals surface area contributed by atoms with Gasteiger partial charge in [-0.25, -0.2) is 0 Å². The molecular formula is C26H25N. The molecule has 4 aromatic carbocycles. The van der Waals surface area contributed by atoms with Gasteiger partial charge in [-0.3, -0.25) is 4.98 Å². The first-order valence-electron chi connectivity index (χ1n) is 9.90. The molecule has 1 aromatic heterocycles. The van der Waals surface area contributed by atoms with Gasteiger partial charge in [0.05, 0.1) is 5.52 Å². The summed E-state index contributed by atoms with van der Waals surface area (Å²) in [6, 6.07) is 26.0. The number of nitrogens with zero attached hydrogens (tertiary/aromatic N) is 1. The minimum atomic E-state index is 0.934. The van der Waals surface area contributed by atoms with Crippen LogP contribution in [0.3, 0.4) is 0 Å². The Balaban J connectivity index is 0.000000565. The highest BCUT2D eigenvalue weighted by Gasteiger charge is 2.14. The summed E-state index contributed by atoms with van der Waals surface area (Å²) in [5, 5.41) is 9.15. The van der Waals surface area contributed by atoms with E-state index in [2.05, 4.69) is 93.6 Å². The Morgan fingerprint density at radius 3 is 1.56 bits per heavy atom. The van der Waals surface area contributed by atoms with Gasteiger partial charge in [-0.1, -0.05) is 93.9 Å². The van der Waals surface area contributed by atoms with Gasteiger partial charge in [0, 0.05) is 21.9 Å². The zero-order chi connectivity index (χ0) is 18.8. The number of pyridine rings is 1. The third kappa shape index (κ3) is 2.84. The molecule has 1 nitrogen and oxygen atoms in total. The average molecular weight is 351 g/mol. The quantitative estimate of drug-likeness (QED) is 0.282. The summed E-state index contributed by atoms with van der Waals surface area (Å²) < 4.78 is 0. The van der Waals surface area contributed by atoms with Crippen LogP contribution >= 0.6 is 0 Å². The monoisotopic (exact) mass is 351 g/mol. The Morgan fingerprint density at radius 1 is 0.556 bits per heavy atom. The smallest absolute Gasteiger partial charge is 0.0712 e. The molecule has 5 rings (SSSR count). The van der Waals surface area contributed by atoms with E-state index in [1.165, 1.54) is 49.8 Å². The fourth-order valence-corrected chi connectivity index (χ4v) is 3.96. The molecule has 0 radical (unpaired) electrons. The van der Waals surface area contributed by atoms with E-state index >= 15 is 0 Å². The SMILES string of the molecule is CCC.CCc1nc2ccccc2c2c3ccccc3c3ccccc3c12. The first-order chi connectivity index (χ1) is 13.3. The van der Waals surface area contributed by atoms with E-state index in [1.807, 2.05) is 0 Å². The van der Waals surface area contributed by atoms with E-state index in [1.54, 1.807) is 0 Å². The van der Waals surface area contributed by atoms with Crippen LogP contribution in [0.25, 0.3) is 43.2 Å². The number of rotatable bonds is 1. The summed E-state index contributed by atoms with van der Waals surface area (Å²) in [5.74, 6) is 0. The fourth-order valence-electron chi connectivity index (χ4n) is 3.96. The van der Waals surface area contributed by atoms with Gasteiger partial charge in [-0.15, -0.1) is 0 Å². The largest absolute Gasteiger partial charge is 0.252 e. The van der Waals surface area contributed by atoms with Crippen LogP contribution in [0.1, 0.15) is 32.9 Å². The number of benzene rings is 4. The molecule has 1 heteroatoms. The van der Waals surface area contributed by atoms with Gasteiger partial charge in [0.1, 0.15) is 0 Å². The van der Waals surface area contributed by atoms with Crippen LogP contribution in [0.15, 0.2) is 72.8 Å². The predicted molar refractivity (Wildman–Crippen MR) is 120 cm³/mol. The second-order valence-corrected chi connectivity index (χ2v) is 6.98. The third-order valence-electron chi connectivity index (χ3n) is 4.99. The van der Waals surface area contributed by atoms with E-state index in [0.29, 0.717) is 0 Å². The lowest BCUT2D eigenvalue weighted by Crippen LogP contribution is -1.94. The lowest BCUT2D eigenvalue weighted by atomic mass is 9.91. The molecule has 0 aliphatic carbocycles. The standard InChI is InChI=1S/C23H17N.C3H8/c1-2-20-23-18-12-6-4-10-16(18)15-9-3-5-11-17(15)22(23)19-13-7-8-14-21(19)24-20;1-3-2/h3-14H,2H2,1H3;3H2,1-2H3. The van der Waals surface area contributed by atoms with Crippen molar-refractivity contribution < 1.29 is 0 Å². The van der Waals surface area contributed by atoms with Gasteiger partial charge in [-0.2, -0.15) is 0 Å². The van der Waals surface area contributed by atoms with Crippen LogP contribution in [0.2, 0.25) is 0 Å². The molecule has 0 spiro atoms. The van der Waals surface area contributed by atoms with Gasteiger partial charge < -0.3 is 0 Å². The van der Waals surface area contributed by atoms with Crippen LogP contribution < -0.4 is 0 Å². The summed E-state index contributed by atoms with van der Waals surface area (Å²) >= 11 is 0. The van der Waals surface area contributed by atoms with Gasteiger partial charge in [-0.05, 0) is 34.0 Å². The van der Waals surface area contributed by atoms with Crippen molar-refractivity contribution in [3.8, 4) is 0 Å². The molecule has 0 unspecified atom stereocenters. The number of hydrogen-bond acceptors (Lipinski definition) is 1. The average Bonchev–Trinajstić information content (AvgIpc) is 2.73. The van der Waals surface area contributed by atoms with Crippen molar-refractivity contribution in [1.29, 1.82) is 0 Å². The molecule has 0 N–H and O–H groups in total. The number of hydrogen-bond donors (Lipinski definition) is 0. The zero-order valence-electron chi connectivity index (χ0n) is 16.3. The molecule has 134 valence electrons. The van der Waals surface area contributed by atoms with E-state index in [0.717, 1.165) is 11.9 Å². The third-order valence-corrected chi connectivity index (χ3v) is 4.99. The Kier molecular flexibility index (Phi) is 4.77. The minimum Gasteiger partial charge on any atom is -0.252 e. The van der Waals surface area contributed by atoms with Crippen molar-refractivity contribution >= 4 is 43.2 Å². The lowest BCUT2D eigenvalue weighted by molar-refractivity contribution is 1.08. The molecule has 5 aromatic rings. The Bertz CT molecular complexity index is 1250. The molecule has 0 aliphatic heterocycles. The first kappa shape index (κ1) is 17.5. The molecule has 0 fully saturated rings. The summed E-state index contributed by atoms with van der Waals surface area (Å²) in [4.78, 5) is 4.98. The number of aromatic nitrogens is 1. The molecule has 0 amide bonds. The van der Waals surface area contributed by atoms with Crippen molar-refractivity contribution in [1.82, 2.24) is 4.98 Å². The molecule has 0 saturated heterocycles. The maximum absolute atomic E-state index is 4.98. The lowest BCUT2D eigenvalue weighted by Gasteiger charge is -2.15. The molecule has 0 atom stereocenters. The first-order valence-corrected chi connectivity index (χ1v) is 9.90. The molecular weight excluding hydrogens is 326 g/mol. The zero-order valence-corrected chi connectivity index (χ0v) is 16.3. The second-order valence-electron chi connectivity index (χ2n) is 6.98. The minimum absolute atomic E-state index is 0.934. The summed E-state index contributed by atoms with van der Waals surface area (Å²) in [5.41, 5.74) is 2.27. The van der Waals surface area contributed by atoms with E-state index in [-0.39, 0.29) is 0 Å². The Morgan fingerprint density at radius 2 is 1.00 bits per heavy atom. The van der Waals surface area contributed by atoms with E-state index in [9.17, 15) is 0 Å². The molecule has 1 heterocycles. The maximum atomic E-state index is 4.98. The Labute approximate surface area is 160 Å². The Hall–Kier alpha value is -2.93. The van der Waals surface area contributed by atoms with Crippen molar-refractivity contribution in [3.63, 3.8) is 0 Å².